The molecule has 1 N–H and O–H groups in total. The predicted octanol–water partition coefficient (Wildman–Crippen LogP) is 3.95. The number of nitrogens with one attached hydrogen (secondary N) is 1. The lowest BCUT2D eigenvalue weighted by atomic mass is 10.2. The minimum Gasteiger partial charge on any atom is -0.361 e. The van der Waals surface area contributed by atoms with Crippen LogP contribution >= 0.6 is 12.6 Å². The van der Waals surface area contributed by atoms with Gasteiger partial charge in [-0.1, -0.05) is 6.07 Å². The molecule has 10 heteroatoms. The normalized spacial score (nSPS) is 13.3. The van der Waals surface area contributed by atoms with Gasteiger partial charge in [-0.15, -0.1) is 12.6 Å². The van der Waals surface area contributed by atoms with Crippen molar-refractivity contribution in [2.75, 3.05) is 10.2 Å². The van der Waals surface area contributed by atoms with Gasteiger partial charge in [-0.25, -0.2) is 9.97 Å². The molecule has 0 bridgehead atoms. The Hall–Kier alpha value is -3.14. The summed E-state index contributed by atoms with van der Waals surface area (Å²) in [5.41, 5.74) is 1.87. The first kappa shape index (κ1) is 19.2. The van der Waals surface area contributed by atoms with Gasteiger partial charge in [-0.2, -0.15) is 13.2 Å². The smallest absolute Gasteiger partial charge is 0.361 e. The number of alkyl halides is 3. The minimum atomic E-state index is -4.49. The molecule has 3 aromatic rings. The van der Waals surface area contributed by atoms with Gasteiger partial charge in [0.25, 0.3) is 5.91 Å². The molecule has 1 aliphatic heterocycles. The van der Waals surface area contributed by atoms with Crippen molar-refractivity contribution in [1.29, 1.82) is 0 Å². The fourth-order valence-electron chi connectivity index (χ4n) is 3.03. The zero-order valence-corrected chi connectivity index (χ0v) is 15.7. The summed E-state index contributed by atoms with van der Waals surface area (Å²) in [6.07, 6.45) is -1.29. The van der Waals surface area contributed by atoms with Crippen LogP contribution in [-0.4, -0.2) is 20.9 Å². The molecule has 0 unspecified atom stereocenters. The maximum atomic E-state index is 12.8. The molecule has 1 amide bonds. The number of halogens is 3. The van der Waals surface area contributed by atoms with Crippen LogP contribution in [0, 0.1) is 0 Å². The molecule has 1 aromatic carbocycles. The Kier molecular flexibility index (Phi) is 4.87. The zero-order chi connectivity index (χ0) is 20.6. The molecule has 0 atom stereocenters. The molecule has 148 valence electrons. The first-order valence-corrected chi connectivity index (χ1v) is 8.98. The van der Waals surface area contributed by atoms with Gasteiger partial charge in [0.1, 0.15) is 5.69 Å². The fraction of sp³-hybridized carbons (Fsp3) is 0.158. The Bertz CT molecular complexity index is 1090. The van der Waals surface area contributed by atoms with Crippen LogP contribution in [0.25, 0.3) is 0 Å². The molecule has 2 aromatic heterocycles. The van der Waals surface area contributed by atoms with Crippen molar-refractivity contribution in [2.24, 2.45) is 0 Å². The topological polar surface area (TPSA) is 71.0 Å². The second-order valence-electron chi connectivity index (χ2n) is 6.43. The van der Waals surface area contributed by atoms with Gasteiger partial charge in [-0.05, 0) is 30.3 Å². The van der Waals surface area contributed by atoms with E-state index in [2.05, 4.69) is 32.9 Å². The predicted molar refractivity (Wildman–Crippen MR) is 103 cm³/mol. The Morgan fingerprint density at radius 1 is 1.14 bits per heavy atom. The average molecular weight is 417 g/mol. The number of fused-ring (bicyclic) bond motifs is 1. The first-order chi connectivity index (χ1) is 13.8. The van der Waals surface area contributed by atoms with Gasteiger partial charge in [0, 0.05) is 35.9 Å². The van der Waals surface area contributed by atoms with E-state index in [4.69, 9.17) is 0 Å². The van der Waals surface area contributed by atoms with Crippen LogP contribution in [0.3, 0.4) is 0 Å². The molecule has 0 aliphatic carbocycles. The van der Waals surface area contributed by atoms with Crippen LogP contribution in [0.1, 0.15) is 27.3 Å². The number of hydrogen-bond acceptors (Lipinski definition) is 6. The van der Waals surface area contributed by atoms with Crippen molar-refractivity contribution in [2.45, 2.75) is 24.4 Å². The molecule has 4 rings (SSSR count). The van der Waals surface area contributed by atoms with E-state index >= 15 is 0 Å². The van der Waals surface area contributed by atoms with E-state index in [1.165, 1.54) is 18.3 Å². The number of aromatic nitrogens is 3. The molecule has 0 fully saturated rings. The lowest BCUT2D eigenvalue weighted by molar-refractivity contribution is -0.137. The number of anilines is 2. The molecule has 6 nitrogen and oxygen atoms in total. The molecule has 0 radical (unpaired) electrons. The van der Waals surface area contributed by atoms with E-state index in [0.29, 0.717) is 18.2 Å². The van der Waals surface area contributed by atoms with Crippen LogP contribution in [0.5, 0.6) is 0 Å². The van der Waals surface area contributed by atoms with Gasteiger partial charge in [0.2, 0.25) is 0 Å². The van der Waals surface area contributed by atoms with Gasteiger partial charge in [0.05, 0.1) is 17.8 Å². The number of hydrogen-bond donors (Lipinski definition) is 2. The summed E-state index contributed by atoms with van der Waals surface area (Å²) in [4.78, 5) is 26.9. The maximum Gasteiger partial charge on any atom is 0.416 e. The molecule has 29 heavy (non-hydrogen) atoms. The molecule has 1 aliphatic rings. The summed E-state index contributed by atoms with van der Waals surface area (Å²) in [5.74, 6) is -0.597. The molecule has 3 heterocycles. The average Bonchev–Trinajstić information content (AvgIpc) is 3.11. The van der Waals surface area contributed by atoms with Crippen molar-refractivity contribution >= 4 is 29.9 Å². The van der Waals surface area contributed by atoms with Crippen LogP contribution in [-0.2, 0) is 19.3 Å². The number of amides is 1. The lowest BCUT2D eigenvalue weighted by Crippen LogP contribution is -2.18. The molecule has 0 saturated heterocycles. The number of nitrogens with zero attached hydrogens (tertiary/aromatic N) is 4. The number of carbonyl (C=O) groups is 1. The van der Waals surface area contributed by atoms with Crippen molar-refractivity contribution < 1.29 is 18.0 Å². The van der Waals surface area contributed by atoms with E-state index in [-0.39, 0.29) is 11.4 Å². The van der Waals surface area contributed by atoms with E-state index in [9.17, 15) is 18.0 Å². The van der Waals surface area contributed by atoms with Crippen LogP contribution in [0.2, 0.25) is 0 Å². The van der Waals surface area contributed by atoms with Crippen molar-refractivity contribution in [1.82, 2.24) is 15.0 Å². The third kappa shape index (κ3) is 4.16. The summed E-state index contributed by atoms with van der Waals surface area (Å²) in [7, 11) is 0. The standard InChI is InChI=1S/C19H14F3N5OS/c20-19(21,22)12-2-1-3-13(6-12)25-17(28)15-7-14(4-5-23-15)27-9-11-8-24-18(29)26-16(11)10-27/h1-8H,9-10H2,(H,25,28)(H,24,26,29). The highest BCUT2D eigenvalue weighted by Gasteiger charge is 2.30. The number of benzene rings is 1. The van der Waals surface area contributed by atoms with Crippen LogP contribution in [0.15, 0.2) is 53.9 Å². The van der Waals surface area contributed by atoms with Crippen molar-refractivity contribution in [3.05, 3.63) is 71.3 Å². The SMILES string of the molecule is O=C(Nc1cccc(C(F)(F)F)c1)c1cc(N2Cc3cnc(S)nc3C2)ccn1. The second-order valence-corrected chi connectivity index (χ2v) is 6.83. The Labute approximate surface area is 169 Å². The van der Waals surface area contributed by atoms with E-state index < -0.39 is 17.6 Å². The summed E-state index contributed by atoms with van der Waals surface area (Å²) in [6.45, 7) is 1.10. The molecule has 0 saturated carbocycles. The van der Waals surface area contributed by atoms with Gasteiger partial charge in [-0.3, -0.25) is 9.78 Å². The third-order valence-electron chi connectivity index (χ3n) is 4.43. The quantitative estimate of drug-likeness (QED) is 0.499. The van der Waals surface area contributed by atoms with Gasteiger partial charge >= 0.3 is 6.18 Å². The lowest BCUT2D eigenvalue weighted by Gasteiger charge is -2.17. The van der Waals surface area contributed by atoms with E-state index in [1.807, 2.05) is 4.90 Å². The van der Waals surface area contributed by atoms with Crippen molar-refractivity contribution in [3.63, 3.8) is 0 Å². The van der Waals surface area contributed by atoms with Gasteiger partial charge in [0.15, 0.2) is 5.16 Å². The molecular formula is C19H14F3N5OS. The summed E-state index contributed by atoms with van der Waals surface area (Å²) in [5, 5.41) is 2.85. The highest BCUT2D eigenvalue weighted by atomic mass is 32.1. The Morgan fingerprint density at radius 3 is 2.76 bits per heavy atom. The number of rotatable bonds is 3. The monoisotopic (exact) mass is 417 g/mol. The Morgan fingerprint density at radius 2 is 1.97 bits per heavy atom. The number of carbonyl (C=O) groups excluding carboxylic acids is 1. The van der Waals surface area contributed by atoms with Crippen LogP contribution in [0.4, 0.5) is 24.5 Å². The third-order valence-corrected chi connectivity index (χ3v) is 4.65. The zero-order valence-electron chi connectivity index (χ0n) is 14.8. The Balaban J connectivity index is 1.51. The second kappa shape index (κ2) is 7.36. The summed E-state index contributed by atoms with van der Waals surface area (Å²) in [6, 6.07) is 7.79. The molecule has 0 spiro atoms. The number of thiol groups is 1. The maximum absolute atomic E-state index is 12.8. The van der Waals surface area contributed by atoms with Gasteiger partial charge < -0.3 is 10.2 Å². The summed E-state index contributed by atoms with van der Waals surface area (Å²) >= 11 is 4.14. The number of pyridine rings is 1. The highest BCUT2D eigenvalue weighted by molar-refractivity contribution is 7.80. The van der Waals surface area contributed by atoms with Crippen molar-refractivity contribution in [3.8, 4) is 0 Å². The first-order valence-electron chi connectivity index (χ1n) is 8.53. The largest absolute Gasteiger partial charge is 0.416 e. The molecular weight excluding hydrogens is 403 g/mol. The highest BCUT2D eigenvalue weighted by Crippen LogP contribution is 2.31. The van der Waals surface area contributed by atoms with Crippen LogP contribution < -0.4 is 10.2 Å². The summed E-state index contributed by atoms with van der Waals surface area (Å²) < 4.78 is 38.5. The fourth-order valence-corrected chi connectivity index (χ4v) is 3.21. The van der Waals surface area contributed by atoms with E-state index in [1.54, 1.807) is 18.3 Å². The minimum absolute atomic E-state index is 0.0437. The van der Waals surface area contributed by atoms with E-state index in [0.717, 1.165) is 29.1 Å².